The lowest BCUT2D eigenvalue weighted by atomic mass is 9.69. The standard InChI is InChI=1S/C41H26N2/c42-23-10-13-27(22-24-43)29-20-21-34-38(25-29)41(36-18-8-6-15-31(36)32-16-7-9-19-37(32)41)39-26-35(28-11-2-1-3-12-28)30-14-4-5-17-33(30)40(34)39/h1-22,24-26,43H/b13-10+,27-22+,43-24?. The zero-order chi connectivity index (χ0) is 29.0. The van der Waals surface area contributed by atoms with E-state index in [0.717, 1.165) is 11.1 Å². The molecule has 0 fully saturated rings. The first-order valence-corrected chi connectivity index (χ1v) is 14.5. The summed E-state index contributed by atoms with van der Waals surface area (Å²) >= 11 is 0. The third kappa shape index (κ3) is 3.43. The normalized spacial score (nSPS) is 13.9. The van der Waals surface area contributed by atoms with Gasteiger partial charge in [-0.2, -0.15) is 5.26 Å². The van der Waals surface area contributed by atoms with Crippen LogP contribution in [0.25, 0.3) is 49.7 Å². The molecule has 2 nitrogen and oxygen atoms in total. The van der Waals surface area contributed by atoms with Crippen LogP contribution in [0.1, 0.15) is 27.8 Å². The van der Waals surface area contributed by atoms with Crippen LogP contribution >= 0.6 is 0 Å². The molecule has 0 aliphatic heterocycles. The number of rotatable bonds is 4. The second kappa shape index (κ2) is 9.65. The molecule has 0 saturated heterocycles. The van der Waals surface area contributed by atoms with Gasteiger partial charge >= 0.3 is 0 Å². The molecule has 1 spiro atoms. The van der Waals surface area contributed by atoms with Crippen molar-refractivity contribution in [3.63, 3.8) is 0 Å². The van der Waals surface area contributed by atoms with E-state index < -0.39 is 5.41 Å². The summed E-state index contributed by atoms with van der Waals surface area (Å²) in [4.78, 5) is 0. The van der Waals surface area contributed by atoms with Crippen LogP contribution in [0.3, 0.4) is 0 Å². The van der Waals surface area contributed by atoms with Crippen molar-refractivity contribution in [3.05, 3.63) is 173 Å². The Morgan fingerprint density at radius 1 is 0.605 bits per heavy atom. The van der Waals surface area contributed by atoms with Crippen molar-refractivity contribution < 1.29 is 0 Å². The summed E-state index contributed by atoms with van der Waals surface area (Å²) in [5, 5.41) is 19.6. The minimum Gasteiger partial charge on any atom is -0.309 e. The van der Waals surface area contributed by atoms with Gasteiger partial charge in [0.05, 0.1) is 11.5 Å². The minimum atomic E-state index is -0.518. The highest BCUT2D eigenvalue weighted by Gasteiger charge is 2.52. The number of hydrogen-bond donors (Lipinski definition) is 1. The van der Waals surface area contributed by atoms with Gasteiger partial charge in [0.25, 0.3) is 0 Å². The van der Waals surface area contributed by atoms with Gasteiger partial charge in [-0.25, -0.2) is 0 Å². The fourth-order valence-corrected chi connectivity index (χ4v) is 7.50. The van der Waals surface area contributed by atoms with Crippen molar-refractivity contribution in [2.45, 2.75) is 5.41 Å². The lowest BCUT2D eigenvalue weighted by Gasteiger charge is -2.31. The SMILES string of the molecule is N#C/C=C/C(=C\C=N)c1ccc2c(c1)C1(c3ccccc3-c3ccccc31)c1cc(-c3ccccc3)c3ccccc3c1-2. The lowest BCUT2D eigenvalue weighted by molar-refractivity contribution is 0.794. The number of nitrogens with zero attached hydrogens (tertiary/aromatic N) is 1. The minimum absolute atomic E-state index is 0.518. The highest BCUT2D eigenvalue weighted by molar-refractivity contribution is 6.11. The second-order valence-electron chi connectivity index (χ2n) is 11.1. The van der Waals surface area contributed by atoms with Crippen LogP contribution < -0.4 is 0 Å². The van der Waals surface area contributed by atoms with E-state index in [-0.39, 0.29) is 0 Å². The molecular weight excluding hydrogens is 520 g/mol. The molecule has 200 valence electrons. The number of hydrogen-bond acceptors (Lipinski definition) is 2. The van der Waals surface area contributed by atoms with E-state index in [0.29, 0.717) is 0 Å². The van der Waals surface area contributed by atoms with Gasteiger partial charge in [0.2, 0.25) is 0 Å². The van der Waals surface area contributed by atoms with Crippen molar-refractivity contribution in [1.29, 1.82) is 10.7 Å². The molecular formula is C41H26N2. The van der Waals surface area contributed by atoms with E-state index in [1.165, 1.54) is 78.7 Å². The number of nitriles is 1. The van der Waals surface area contributed by atoms with Crippen LogP contribution in [0.2, 0.25) is 0 Å². The Morgan fingerprint density at radius 3 is 1.95 bits per heavy atom. The second-order valence-corrected chi connectivity index (χ2v) is 11.1. The zero-order valence-corrected chi connectivity index (χ0v) is 23.4. The Balaban J connectivity index is 1.56. The molecule has 0 bridgehead atoms. The van der Waals surface area contributed by atoms with E-state index in [1.807, 2.05) is 0 Å². The van der Waals surface area contributed by atoms with E-state index in [2.05, 4.69) is 133 Å². The van der Waals surface area contributed by atoms with Crippen molar-refractivity contribution in [1.82, 2.24) is 0 Å². The Kier molecular flexibility index (Phi) is 5.61. The summed E-state index contributed by atoms with van der Waals surface area (Å²) in [6.45, 7) is 0. The summed E-state index contributed by atoms with van der Waals surface area (Å²) in [6.07, 6.45) is 6.31. The zero-order valence-electron chi connectivity index (χ0n) is 23.4. The third-order valence-electron chi connectivity index (χ3n) is 9.11. The maximum Gasteiger partial charge on any atom is 0.0912 e. The van der Waals surface area contributed by atoms with Gasteiger partial charge in [0.1, 0.15) is 0 Å². The Labute approximate surface area is 251 Å². The molecule has 0 amide bonds. The lowest BCUT2D eigenvalue weighted by Crippen LogP contribution is -2.26. The summed E-state index contributed by atoms with van der Waals surface area (Å²) in [6, 6.07) is 48.4. The van der Waals surface area contributed by atoms with Gasteiger partial charge in [-0.3, -0.25) is 0 Å². The smallest absolute Gasteiger partial charge is 0.0912 e. The van der Waals surface area contributed by atoms with Crippen molar-refractivity contribution in [2.24, 2.45) is 0 Å². The van der Waals surface area contributed by atoms with E-state index in [1.54, 1.807) is 12.2 Å². The Bertz CT molecular complexity index is 2160. The molecule has 43 heavy (non-hydrogen) atoms. The largest absolute Gasteiger partial charge is 0.309 e. The molecule has 2 aliphatic rings. The summed E-state index contributed by atoms with van der Waals surface area (Å²) in [5.74, 6) is 0. The molecule has 0 radical (unpaired) electrons. The van der Waals surface area contributed by atoms with Crippen LogP contribution in [-0.4, -0.2) is 6.21 Å². The molecule has 2 aliphatic carbocycles. The molecule has 1 N–H and O–H groups in total. The van der Waals surface area contributed by atoms with Crippen LogP contribution in [-0.2, 0) is 5.41 Å². The molecule has 0 heterocycles. The molecule has 0 atom stereocenters. The average Bonchev–Trinajstić information content (AvgIpc) is 3.53. The van der Waals surface area contributed by atoms with Gasteiger partial charge in [-0.1, -0.05) is 115 Å². The summed E-state index contributed by atoms with van der Waals surface area (Å²) < 4.78 is 0. The Morgan fingerprint density at radius 2 is 1.26 bits per heavy atom. The molecule has 0 saturated carbocycles. The first kappa shape index (κ1) is 25.0. The monoisotopic (exact) mass is 546 g/mol. The number of allylic oxidation sites excluding steroid dienone is 4. The van der Waals surface area contributed by atoms with Crippen molar-refractivity contribution in [2.75, 3.05) is 0 Å². The highest BCUT2D eigenvalue weighted by atomic mass is 14.5. The number of nitrogens with one attached hydrogen (secondary N) is 1. The topological polar surface area (TPSA) is 47.6 Å². The third-order valence-corrected chi connectivity index (χ3v) is 9.11. The quantitative estimate of drug-likeness (QED) is 0.133. The van der Waals surface area contributed by atoms with Gasteiger partial charge in [0.15, 0.2) is 0 Å². The molecule has 8 rings (SSSR count). The van der Waals surface area contributed by atoms with Crippen LogP contribution in [0.5, 0.6) is 0 Å². The van der Waals surface area contributed by atoms with Gasteiger partial charge < -0.3 is 5.41 Å². The summed E-state index contributed by atoms with van der Waals surface area (Å²) in [7, 11) is 0. The maximum atomic E-state index is 9.29. The van der Waals surface area contributed by atoms with Crippen molar-refractivity contribution >= 4 is 22.6 Å². The molecule has 6 aromatic rings. The predicted octanol–water partition coefficient (Wildman–Crippen LogP) is 9.96. The summed E-state index contributed by atoms with van der Waals surface area (Å²) in [5.41, 5.74) is 13.8. The van der Waals surface area contributed by atoms with Gasteiger partial charge in [0, 0.05) is 12.3 Å². The van der Waals surface area contributed by atoms with Gasteiger partial charge in [-0.05, 0) is 102 Å². The van der Waals surface area contributed by atoms with Crippen LogP contribution in [0, 0.1) is 16.7 Å². The first-order valence-electron chi connectivity index (χ1n) is 14.5. The molecule has 0 aromatic heterocycles. The molecule has 2 heteroatoms. The fraction of sp³-hybridized carbons (Fsp3) is 0.0244. The number of benzene rings is 6. The number of fused-ring (bicyclic) bond motifs is 12. The van der Waals surface area contributed by atoms with E-state index in [9.17, 15) is 5.26 Å². The van der Waals surface area contributed by atoms with Crippen LogP contribution in [0.4, 0.5) is 0 Å². The van der Waals surface area contributed by atoms with E-state index >= 15 is 0 Å². The predicted molar refractivity (Wildman–Crippen MR) is 177 cm³/mol. The van der Waals surface area contributed by atoms with E-state index in [4.69, 9.17) is 5.41 Å². The average molecular weight is 547 g/mol. The molecule has 0 unspecified atom stereocenters. The molecule has 6 aromatic carbocycles. The van der Waals surface area contributed by atoms with Gasteiger partial charge in [-0.15, -0.1) is 0 Å². The van der Waals surface area contributed by atoms with Crippen molar-refractivity contribution in [3.8, 4) is 39.4 Å². The highest BCUT2D eigenvalue weighted by Crippen LogP contribution is 2.64. The fourth-order valence-electron chi connectivity index (χ4n) is 7.50. The first-order chi connectivity index (χ1) is 21.3. The Hall–Kier alpha value is -5.78. The van der Waals surface area contributed by atoms with Crippen LogP contribution in [0.15, 0.2) is 146 Å². The maximum absolute atomic E-state index is 9.29.